The Morgan fingerprint density at radius 3 is 2.47 bits per heavy atom. The first-order valence-electron chi connectivity index (χ1n) is 4.99. The van der Waals surface area contributed by atoms with Crippen LogP contribution in [0.3, 0.4) is 0 Å². The summed E-state index contributed by atoms with van der Waals surface area (Å²) in [5, 5.41) is 11.0. The molecule has 3 nitrogen and oxygen atoms in total. The minimum absolute atomic E-state index is 0.00343. The lowest BCUT2D eigenvalue weighted by molar-refractivity contribution is -0.429. The van der Waals surface area contributed by atoms with Crippen molar-refractivity contribution in [3.8, 4) is 0 Å². The fourth-order valence-corrected chi connectivity index (χ4v) is 2.14. The SMILES string of the molecule is O=[N+]([O-])C1=CC(Cl)(Cl)C=CC1c1ccccc1. The van der Waals surface area contributed by atoms with Gasteiger partial charge in [-0.05, 0) is 11.6 Å². The average molecular weight is 270 g/mol. The fraction of sp³-hybridized carbons (Fsp3) is 0.167. The van der Waals surface area contributed by atoms with E-state index in [1.54, 1.807) is 12.2 Å². The van der Waals surface area contributed by atoms with Gasteiger partial charge in [0.15, 0.2) is 4.33 Å². The van der Waals surface area contributed by atoms with Crippen molar-refractivity contribution in [3.05, 3.63) is 69.9 Å². The largest absolute Gasteiger partial charge is 0.259 e. The van der Waals surface area contributed by atoms with Gasteiger partial charge in [0.25, 0.3) is 5.70 Å². The molecule has 0 aromatic heterocycles. The predicted molar refractivity (Wildman–Crippen MR) is 67.8 cm³/mol. The molecule has 0 N–H and O–H groups in total. The maximum Gasteiger partial charge on any atom is 0.256 e. The van der Waals surface area contributed by atoms with Crippen LogP contribution < -0.4 is 0 Å². The van der Waals surface area contributed by atoms with Gasteiger partial charge in [0.1, 0.15) is 0 Å². The number of halogens is 2. The Labute approximate surface area is 108 Å². The second-order valence-electron chi connectivity index (χ2n) is 3.75. The van der Waals surface area contributed by atoms with Gasteiger partial charge in [0.05, 0.1) is 10.8 Å². The molecule has 0 heterocycles. The van der Waals surface area contributed by atoms with E-state index in [-0.39, 0.29) is 5.70 Å². The van der Waals surface area contributed by atoms with E-state index in [1.807, 2.05) is 30.3 Å². The first-order valence-corrected chi connectivity index (χ1v) is 5.74. The molecular weight excluding hydrogens is 261 g/mol. The molecule has 0 radical (unpaired) electrons. The molecule has 1 aliphatic rings. The first-order chi connectivity index (χ1) is 7.99. The Morgan fingerprint density at radius 1 is 1.24 bits per heavy atom. The zero-order valence-corrected chi connectivity index (χ0v) is 10.2. The Balaban J connectivity index is 2.43. The van der Waals surface area contributed by atoms with Crippen molar-refractivity contribution < 1.29 is 4.92 Å². The molecule has 1 aromatic carbocycles. The Morgan fingerprint density at radius 2 is 1.88 bits per heavy atom. The van der Waals surface area contributed by atoms with Gasteiger partial charge in [-0.3, -0.25) is 10.1 Å². The molecule has 1 atom stereocenters. The topological polar surface area (TPSA) is 43.1 Å². The van der Waals surface area contributed by atoms with E-state index >= 15 is 0 Å². The lowest BCUT2D eigenvalue weighted by Gasteiger charge is -2.19. The second-order valence-corrected chi connectivity index (χ2v) is 5.19. The molecule has 0 amide bonds. The van der Waals surface area contributed by atoms with Crippen molar-refractivity contribution >= 4 is 23.2 Å². The van der Waals surface area contributed by atoms with Gasteiger partial charge in [0.2, 0.25) is 0 Å². The van der Waals surface area contributed by atoms with Crippen molar-refractivity contribution in [2.24, 2.45) is 0 Å². The molecule has 0 saturated carbocycles. The minimum Gasteiger partial charge on any atom is -0.259 e. The number of hydrogen-bond donors (Lipinski definition) is 0. The molecule has 1 aromatic rings. The summed E-state index contributed by atoms with van der Waals surface area (Å²) in [6.07, 6.45) is 4.49. The molecule has 1 unspecified atom stereocenters. The van der Waals surface area contributed by atoms with E-state index in [9.17, 15) is 10.1 Å². The van der Waals surface area contributed by atoms with Crippen LogP contribution in [-0.4, -0.2) is 9.26 Å². The highest BCUT2D eigenvalue weighted by atomic mass is 35.5. The van der Waals surface area contributed by atoms with Crippen LogP contribution in [-0.2, 0) is 0 Å². The highest BCUT2D eigenvalue weighted by Crippen LogP contribution is 2.37. The maximum atomic E-state index is 11.0. The highest BCUT2D eigenvalue weighted by molar-refractivity contribution is 6.51. The number of hydrogen-bond acceptors (Lipinski definition) is 2. The van der Waals surface area contributed by atoms with Crippen LogP contribution in [0.4, 0.5) is 0 Å². The van der Waals surface area contributed by atoms with Gasteiger partial charge in [0, 0.05) is 6.08 Å². The smallest absolute Gasteiger partial charge is 0.256 e. The highest BCUT2D eigenvalue weighted by Gasteiger charge is 2.34. The molecule has 17 heavy (non-hydrogen) atoms. The molecule has 1 aliphatic carbocycles. The third kappa shape index (κ3) is 2.68. The van der Waals surface area contributed by atoms with Gasteiger partial charge < -0.3 is 0 Å². The molecule has 5 heteroatoms. The van der Waals surface area contributed by atoms with Gasteiger partial charge in [-0.15, -0.1) is 0 Å². The number of rotatable bonds is 2. The van der Waals surface area contributed by atoms with E-state index in [0.29, 0.717) is 0 Å². The summed E-state index contributed by atoms with van der Waals surface area (Å²) in [5.41, 5.74) is 0.847. The zero-order valence-electron chi connectivity index (χ0n) is 8.72. The summed E-state index contributed by atoms with van der Waals surface area (Å²) < 4.78 is -1.30. The summed E-state index contributed by atoms with van der Waals surface area (Å²) >= 11 is 11.7. The standard InChI is InChI=1S/C12H9Cl2NO2/c13-12(14)7-6-10(11(8-12)15(16)17)9-4-2-1-3-5-9/h1-8,10H. The molecular formula is C12H9Cl2NO2. The van der Waals surface area contributed by atoms with Crippen LogP contribution in [0.1, 0.15) is 11.5 Å². The number of nitro groups is 1. The van der Waals surface area contributed by atoms with Crippen molar-refractivity contribution in [1.29, 1.82) is 0 Å². The van der Waals surface area contributed by atoms with Crippen molar-refractivity contribution in [3.63, 3.8) is 0 Å². The van der Waals surface area contributed by atoms with Gasteiger partial charge >= 0.3 is 0 Å². The summed E-state index contributed by atoms with van der Waals surface area (Å²) in [6.45, 7) is 0. The predicted octanol–water partition coefficient (Wildman–Crippen LogP) is 3.67. The summed E-state index contributed by atoms with van der Waals surface area (Å²) in [5.74, 6) is -0.406. The molecule has 0 aliphatic heterocycles. The lowest BCUT2D eigenvalue weighted by atomic mass is 9.91. The normalized spacial score (nSPS) is 22.0. The van der Waals surface area contributed by atoms with E-state index in [1.165, 1.54) is 6.08 Å². The number of benzene rings is 1. The summed E-state index contributed by atoms with van der Waals surface area (Å²) in [6, 6.07) is 9.20. The fourth-order valence-electron chi connectivity index (χ4n) is 1.77. The van der Waals surface area contributed by atoms with Crippen LogP contribution in [0.25, 0.3) is 0 Å². The van der Waals surface area contributed by atoms with Crippen LogP contribution in [0.15, 0.2) is 54.3 Å². The van der Waals surface area contributed by atoms with Crippen LogP contribution in [0, 0.1) is 10.1 Å². The maximum absolute atomic E-state index is 11.0. The average Bonchev–Trinajstić information content (AvgIpc) is 2.29. The summed E-state index contributed by atoms with van der Waals surface area (Å²) in [7, 11) is 0. The molecule has 0 saturated heterocycles. The van der Waals surface area contributed by atoms with E-state index < -0.39 is 15.2 Å². The Hall–Kier alpha value is -1.32. The minimum atomic E-state index is -1.30. The van der Waals surface area contributed by atoms with E-state index in [2.05, 4.69) is 0 Å². The van der Waals surface area contributed by atoms with E-state index in [4.69, 9.17) is 23.2 Å². The number of allylic oxidation sites excluding steroid dienone is 3. The quantitative estimate of drug-likeness (QED) is 0.356. The third-order valence-electron chi connectivity index (χ3n) is 2.54. The Kier molecular flexibility index (Phi) is 3.22. The van der Waals surface area contributed by atoms with Crippen LogP contribution in [0.5, 0.6) is 0 Å². The van der Waals surface area contributed by atoms with Crippen molar-refractivity contribution in [1.82, 2.24) is 0 Å². The second kappa shape index (κ2) is 4.51. The number of alkyl halides is 2. The number of nitrogens with zero attached hydrogens (tertiary/aromatic N) is 1. The first kappa shape index (κ1) is 12.1. The molecule has 2 rings (SSSR count). The van der Waals surface area contributed by atoms with Crippen molar-refractivity contribution in [2.75, 3.05) is 0 Å². The monoisotopic (exact) mass is 269 g/mol. The lowest BCUT2D eigenvalue weighted by Crippen LogP contribution is -2.19. The van der Waals surface area contributed by atoms with Gasteiger partial charge in [-0.2, -0.15) is 0 Å². The molecule has 88 valence electrons. The van der Waals surface area contributed by atoms with Crippen molar-refractivity contribution in [2.45, 2.75) is 10.3 Å². The molecule has 0 spiro atoms. The third-order valence-corrected chi connectivity index (χ3v) is 3.01. The van der Waals surface area contributed by atoms with E-state index in [0.717, 1.165) is 5.56 Å². The molecule has 0 bridgehead atoms. The van der Waals surface area contributed by atoms with Gasteiger partial charge in [-0.25, -0.2) is 0 Å². The van der Waals surface area contributed by atoms with Gasteiger partial charge in [-0.1, -0.05) is 59.6 Å². The molecule has 0 fully saturated rings. The Bertz CT molecular complexity index is 494. The van der Waals surface area contributed by atoms with Crippen LogP contribution in [0.2, 0.25) is 0 Å². The summed E-state index contributed by atoms with van der Waals surface area (Å²) in [4.78, 5) is 10.6. The van der Waals surface area contributed by atoms with Crippen LogP contribution >= 0.6 is 23.2 Å². The zero-order chi connectivity index (χ0) is 12.5.